The minimum absolute atomic E-state index is 0.0834. The molecule has 3 aromatic rings. The highest BCUT2D eigenvalue weighted by molar-refractivity contribution is 6.00. The van der Waals surface area contributed by atoms with E-state index in [1.807, 2.05) is 0 Å². The van der Waals surface area contributed by atoms with Gasteiger partial charge in [0, 0.05) is 19.7 Å². The van der Waals surface area contributed by atoms with Crippen molar-refractivity contribution < 1.29 is 22.7 Å². The van der Waals surface area contributed by atoms with Crippen molar-refractivity contribution in [2.24, 2.45) is 19.8 Å². The number of pyridine rings is 1. The summed E-state index contributed by atoms with van der Waals surface area (Å²) in [4.78, 5) is 19.7. The zero-order chi connectivity index (χ0) is 22.1. The van der Waals surface area contributed by atoms with Gasteiger partial charge in [-0.1, -0.05) is 6.58 Å². The van der Waals surface area contributed by atoms with Gasteiger partial charge in [0.05, 0.1) is 17.9 Å². The van der Waals surface area contributed by atoms with Crippen LogP contribution >= 0.6 is 0 Å². The first kappa shape index (κ1) is 21.0. The van der Waals surface area contributed by atoms with Crippen molar-refractivity contribution in [2.75, 3.05) is 0 Å². The largest absolute Gasteiger partial charge is 0.433 e. The quantitative estimate of drug-likeness (QED) is 0.591. The first-order valence-electron chi connectivity index (χ1n) is 8.35. The van der Waals surface area contributed by atoms with Gasteiger partial charge < -0.3 is 10.5 Å². The van der Waals surface area contributed by atoms with E-state index in [9.17, 15) is 18.0 Å². The van der Waals surface area contributed by atoms with Crippen molar-refractivity contribution in [1.29, 1.82) is 0 Å². The second-order valence-electron chi connectivity index (χ2n) is 6.07. The van der Waals surface area contributed by atoms with E-state index in [1.165, 1.54) is 17.8 Å². The number of carbonyl (C=O) groups is 1. The van der Waals surface area contributed by atoms with Gasteiger partial charge in [0.15, 0.2) is 11.6 Å². The third-order valence-electron chi connectivity index (χ3n) is 3.99. The second kappa shape index (κ2) is 7.98. The van der Waals surface area contributed by atoms with Crippen molar-refractivity contribution in [1.82, 2.24) is 40.0 Å². The molecule has 0 saturated heterocycles. The van der Waals surface area contributed by atoms with Crippen molar-refractivity contribution >= 4 is 12.0 Å². The molecule has 0 unspecified atom stereocenters. The zero-order valence-electron chi connectivity index (χ0n) is 15.9. The molecule has 1 amide bonds. The highest BCUT2D eigenvalue weighted by Crippen LogP contribution is 2.33. The van der Waals surface area contributed by atoms with Crippen LogP contribution in [0.4, 0.5) is 13.2 Å². The molecule has 0 aliphatic rings. The monoisotopic (exact) mass is 423 g/mol. The number of halogens is 3. The average Bonchev–Trinajstić information content (AvgIpc) is 3.25. The first-order valence-corrected chi connectivity index (χ1v) is 8.35. The number of carbonyl (C=O) groups excluding carboxylic acids is 1. The number of ether oxygens (including phenoxy) is 1. The van der Waals surface area contributed by atoms with Gasteiger partial charge in [-0.25, -0.2) is 19.3 Å². The van der Waals surface area contributed by atoms with Gasteiger partial charge in [-0.2, -0.15) is 18.3 Å². The number of nitrogens with two attached hydrogens (primary N) is 1. The van der Waals surface area contributed by atoms with Crippen LogP contribution in [0.1, 0.15) is 33.4 Å². The summed E-state index contributed by atoms with van der Waals surface area (Å²) in [6.07, 6.45) is -3.30. The summed E-state index contributed by atoms with van der Waals surface area (Å²) in [5.41, 5.74) is 3.39. The maximum absolute atomic E-state index is 13.4. The number of aromatic nitrogens is 8. The zero-order valence-corrected chi connectivity index (χ0v) is 15.9. The molecule has 3 aromatic heterocycles. The van der Waals surface area contributed by atoms with Gasteiger partial charge >= 0.3 is 6.18 Å². The maximum atomic E-state index is 13.4. The number of rotatable bonds is 7. The molecule has 2 N–H and O–H groups in total. The van der Waals surface area contributed by atoms with E-state index in [0.29, 0.717) is 11.9 Å². The summed E-state index contributed by atoms with van der Waals surface area (Å²) in [6, 6.07) is 0.673. The van der Waals surface area contributed by atoms with Gasteiger partial charge in [0.25, 0.3) is 5.91 Å². The van der Waals surface area contributed by atoms with Crippen LogP contribution < -0.4 is 5.73 Å². The van der Waals surface area contributed by atoms with E-state index in [2.05, 4.69) is 37.2 Å². The fraction of sp³-hybridized carbons (Fsp3) is 0.312. The normalized spacial score (nSPS) is 11.6. The van der Waals surface area contributed by atoms with E-state index >= 15 is 0 Å². The van der Waals surface area contributed by atoms with Crippen molar-refractivity contribution in [2.45, 2.75) is 19.4 Å². The lowest BCUT2D eigenvalue weighted by molar-refractivity contribution is -0.141. The molecule has 11 nitrogen and oxygen atoms in total. The Morgan fingerprint density at radius 2 is 2.00 bits per heavy atom. The molecule has 0 saturated carbocycles. The van der Waals surface area contributed by atoms with Crippen LogP contribution in [0.15, 0.2) is 12.6 Å². The number of primary amides is 1. The SMILES string of the molecule is C=Cc1nc(COCc2nc(C(F)(F)F)cc(-c3nnnn3C)c2C(N)=O)nn1C. The van der Waals surface area contributed by atoms with E-state index in [-0.39, 0.29) is 35.1 Å². The van der Waals surface area contributed by atoms with Crippen LogP contribution in [-0.4, -0.2) is 45.9 Å². The Labute approximate surface area is 167 Å². The first-order chi connectivity index (χ1) is 14.1. The topological polar surface area (TPSA) is 140 Å². The van der Waals surface area contributed by atoms with Gasteiger partial charge in [0.1, 0.15) is 18.1 Å². The minimum Gasteiger partial charge on any atom is -0.367 e. The number of aryl methyl sites for hydroxylation is 2. The van der Waals surface area contributed by atoms with Crippen molar-refractivity contribution in [3.05, 3.63) is 41.2 Å². The van der Waals surface area contributed by atoms with Gasteiger partial charge in [-0.3, -0.25) is 4.79 Å². The Morgan fingerprint density at radius 1 is 1.27 bits per heavy atom. The Balaban J connectivity index is 2.00. The molecule has 30 heavy (non-hydrogen) atoms. The predicted octanol–water partition coefficient (Wildman–Crippen LogP) is 0.878. The van der Waals surface area contributed by atoms with Crippen LogP contribution in [0.2, 0.25) is 0 Å². The molecule has 0 radical (unpaired) electrons. The molecule has 14 heteroatoms. The lowest BCUT2D eigenvalue weighted by Gasteiger charge is -2.15. The maximum Gasteiger partial charge on any atom is 0.433 e. The number of amides is 1. The van der Waals surface area contributed by atoms with Crippen molar-refractivity contribution in [3.8, 4) is 11.4 Å². The Kier molecular flexibility index (Phi) is 5.60. The van der Waals surface area contributed by atoms with E-state index in [1.54, 1.807) is 7.05 Å². The summed E-state index contributed by atoms with van der Waals surface area (Å²) in [7, 11) is 3.06. The molecular weight excluding hydrogens is 407 g/mol. The van der Waals surface area contributed by atoms with E-state index in [4.69, 9.17) is 10.5 Å². The smallest absolute Gasteiger partial charge is 0.367 e. The van der Waals surface area contributed by atoms with Crippen LogP contribution in [0.25, 0.3) is 17.5 Å². The molecule has 0 spiro atoms. The molecule has 0 aromatic carbocycles. The average molecular weight is 423 g/mol. The molecule has 0 aliphatic heterocycles. The molecule has 3 rings (SSSR count). The summed E-state index contributed by atoms with van der Waals surface area (Å²) in [6.45, 7) is 2.99. The van der Waals surface area contributed by atoms with Crippen LogP contribution in [0.5, 0.6) is 0 Å². The number of hydrogen-bond donors (Lipinski definition) is 1. The summed E-state index contributed by atoms with van der Waals surface area (Å²) >= 11 is 0. The van der Waals surface area contributed by atoms with Crippen LogP contribution in [0, 0.1) is 0 Å². The standard InChI is InChI=1S/C16H16F3N9O2/c1-4-12-22-11(24-27(12)2)7-30-6-9-13(14(20)29)8(15-23-25-26-28(15)3)5-10(21-9)16(17,18)19/h4-5H,1,6-7H2,2-3H3,(H2,20,29). The highest BCUT2D eigenvalue weighted by Gasteiger charge is 2.35. The lowest BCUT2D eigenvalue weighted by Crippen LogP contribution is -2.21. The third-order valence-corrected chi connectivity index (χ3v) is 3.99. The molecule has 158 valence electrons. The number of hydrogen-bond acceptors (Lipinski definition) is 8. The second-order valence-corrected chi connectivity index (χ2v) is 6.07. The van der Waals surface area contributed by atoms with Gasteiger partial charge in [-0.15, -0.1) is 5.10 Å². The summed E-state index contributed by atoms with van der Waals surface area (Å²) in [5, 5.41) is 14.7. The highest BCUT2D eigenvalue weighted by atomic mass is 19.4. The van der Waals surface area contributed by atoms with Gasteiger partial charge in [0.2, 0.25) is 0 Å². The molecule has 3 heterocycles. The fourth-order valence-electron chi connectivity index (χ4n) is 2.69. The van der Waals surface area contributed by atoms with E-state index < -0.39 is 24.4 Å². The van der Waals surface area contributed by atoms with E-state index in [0.717, 1.165) is 4.68 Å². The molecular formula is C16H16F3N9O2. The predicted molar refractivity (Wildman–Crippen MR) is 95.1 cm³/mol. The van der Waals surface area contributed by atoms with Gasteiger partial charge in [-0.05, 0) is 22.6 Å². The third kappa shape index (κ3) is 4.17. The number of alkyl halides is 3. The van der Waals surface area contributed by atoms with Crippen LogP contribution in [-0.2, 0) is 38.2 Å². The summed E-state index contributed by atoms with van der Waals surface area (Å²) in [5.74, 6) is -0.323. The summed E-state index contributed by atoms with van der Waals surface area (Å²) < 4.78 is 48.1. The molecule has 0 bridgehead atoms. The minimum atomic E-state index is -4.78. The number of tetrazole rings is 1. The Morgan fingerprint density at radius 3 is 2.53 bits per heavy atom. The fourth-order valence-corrected chi connectivity index (χ4v) is 2.69. The Bertz CT molecular complexity index is 1100. The molecule has 0 aliphatic carbocycles. The number of nitrogens with zero attached hydrogens (tertiary/aromatic N) is 8. The molecule has 0 fully saturated rings. The lowest BCUT2D eigenvalue weighted by atomic mass is 10.0. The Hall–Kier alpha value is -3.68. The molecule has 0 atom stereocenters. The van der Waals surface area contributed by atoms with Crippen molar-refractivity contribution in [3.63, 3.8) is 0 Å². The van der Waals surface area contributed by atoms with Crippen LogP contribution in [0.3, 0.4) is 0 Å².